The first kappa shape index (κ1) is 36.1. The highest BCUT2D eigenvalue weighted by Crippen LogP contribution is 2.35. The molecule has 1 N–H and O–H groups in total. The van der Waals surface area contributed by atoms with Crippen molar-refractivity contribution in [3.8, 4) is 6.07 Å². The molecule has 0 amide bonds. The molecule has 7 heteroatoms. The average Bonchev–Trinajstić information content (AvgIpc) is 2.90. The summed E-state index contributed by atoms with van der Waals surface area (Å²) in [6, 6.07) is 15.1. The lowest BCUT2D eigenvalue weighted by atomic mass is 9.96. The highest BCUT2D eigenvalue weighted by molar-refractivity contribution is 5.94. The lowest BCUT2D eigenvalue weighted by Crippen LogP contribution is -2.23. The second-order valence-electron chi connectivity index (χ2n) is 11.0. The predicted molar refractivity (Wildman–Crippen MR) is 165 cm³/mol. The van der Waals surface area contributed by atoms with Crippen molar-refractivity contribution in [2.24, 2.45) is 11.8 Å². The van der Waals surface area contributed by atoms with Crippen molar-refractivity contribution in [1.82, 2.24) is 4.90 Å². The van der Waals surface area contributed by atoms with Gasteiger partial charge in [0.25, 0.3) is 0 Å². The molecule has 0 aliphatic carbocycles. The Bertz CT molecular complexity index is 1320. The monoisotopic (exact) mass is 580 g/mol. The Hall–Kier alpha value is -3.89. The molecule has 1 aliphatic rings. The summed E-state index contributed by atoms with van der Waals surface area (Å²) in [6.45, 7) is 17.6. The standard InChI is InChI=1S/C21H24F3NO.C10H9NO.C4H10/c1-15(10-12-26)13-18-6-8-19(9-7-18)16(2)14-25-11-4-5-20(17(25)3)21(22,23)24;1-7-3-4-9(8(2)12)5-10(7)6-11;1-4(2)3/h4-9,11,14-15,26H,3,10,12-13H2,1-2H3;3-5H,1-2H3;4H,1-3H3/b16-14+;;. The van der Waals surface area contributed by atoms with E-state index >= 15 is 0 Å². The van der Waals surface area contributed by atoms with Crippen LogP contribution in [0.3, 0.4) is 0 Å². The van der Waals surface area contributed by atoms with Crippen LogP contribution in [0.2, 0.25) is 0 Å². The molecule has 1 aliphatic heterocycles. The minimum absolute atomic E-state index is 0.00787. The van der Waals surface area contributed by atoms with Crippen molar-refractivity contribution < 1.29 is 23.1 Å². The van der Waals surface area contributed by atoms with Crippen LogP contribution in [0.1, 0.15) is 80.6 Å². The minimum atomic E-state index is -4.42. The third kappa shape index (κ3) is 12.3. The van der Waals surface area contributed by atoms with E-state index in [0.29, 0.717) is 17.0 Å². The number of aliphatic hydroxyl groups excluding tert-OH is 1. The quantitative estimate of drug-likeness (QED) is 0.332. The zero-order chi connectivity index (χ0) is 32.0. The van der Waals surface area contributed by atoms with E-state index in [9.17, 15) is 18.0 Å². The van der Waals surface area contributed by atoms with Gasteiger partial charge in [-0.05, 0) is 85.9 Å². The van der Waals surface area contributed by atoms with Crippen molar-refractivity contribution >= 4 is 11.4 Å². The summed E-state index contributed by atoms with van der Waals surface area (Å²) in [6.07, 6.45) is 2.84. The fourth-order valence-electron chi connectivity index (χ4n) is 3.81. The number of hydrogen-bond donors (Lipinski definition) is 1. The first-order chi connectivity index (χ1) is 19.6. The Kier molecular flexibility index (Phi) is 14.8. The fraction of sp³-hybridized carbons (Fsp3) is 0.371. The highest BCUT2D eigenvalue weighted by atomic mass is 19.4. The van der Waals surface area contributed by atoms with Crippen LogP contribution in [0.15, 0.2) is 84.9 Å². The van der Waals surface area contributed by atoms with Gasteiger partial charge in [-0.2, -0.15) is 18.4 Å². The third-order valence-corrected chi connectivity index (χ3v) is 6.15. The number of carbonyl (C=O) groups excluding carboxylic acids is 1. The zero-order valence-electron chi connectivity index (χ0n) is 25.7. The highest BCUT2D eigenvalue weighted by Gasteiger charge is 2.37. The molecule has 2 aromatic rings. The Morgan fingerprint density at radius 1 is 1.07 bits per heavy atom. The zero-order valence-corrected chi connectivity index (χ0v) is 25.7. The normalized spacial score (nSPS) is 13.8. The molecule has 0 aromatic heterocycles. The van der Waals surface area contributed by atoms with Crippen LogP contribution in [-0.4, -0.2) is 28.6 Å². The van der Waals surface area contributed by atoms with E-state index in [-0.39, 0.29) is 18.1 Å². The molecule has 1 unspecified atom stereocenters. The summed E-state index contributed by atoms with van der Waals surface area (Å²) in [5, 5.41) is 17.6. The molecule has 1 heterocycles. The van der Waals surface area contributed by atoms with Gasteiger partial charge in [-0.3, -0.25) is 4.79 Å². The number of benzene rings is 2. The molecule has 4 nitrogen and oxygen atoms in total. The molecule has 1 atom stereocenters. The third-order valence-electron chi connectivity index (χ3n) is 6.15. The minimum Gasteiger partial charge on any atom is -0.396 e. The van der Waals surface area contributed by atoms with Crippen LogP contribution in [0.5, 0.6) is 0 Å². The van der Waals surface area contributed by atoms with Crippen LogP contribution >= 0.6 is 0 Å². The molecule has 0 fully saturated rings. The molecule has 3 rings (SSSR count). The SMILES string of the molecule is C=C1C(C(F)(F)F)=CC=CN1/C=C(\C)c1ccc(CC(C)CCO)cc1.CC(=O)c1ccc(C)c(C#N)c1.CC(C)C. The molecule has 2 aromatic carbocycles. The molecular formula is C35H43F3N2O2. The maximum Gasteiger partial charge on any atom is 0.418 e. The number of carbonyl (C=O) groups is 1. The summed E-state index contributed by atoms with van der Waals surface area (Å²) in [5.41, 5.74) is 4.20. The number of allylic oxidation sites excluding steroid dienone is 4. The largest absolute Gasteiger partial charge is 0.418 e. The van der Waals surface area contributed by atoms with E-state index in [1.54, 1.807) is 30.6 Å². The Labute approximate surface area is 249 Å². The molecule has 0 saturated heterocycles. The van der Waals surface area contributed by atoms with Gasteiger partial charge in [-0.25, -0.2) is 0 Å². The van der Waals surface area contributed by atoms with Gasteiger partial charge in [-0.15, -0.1) is 0 Å². The Balaban J connectivity index is 0.000000455. The predicted octanol–water partition coefficient (Wildman–Crippen LogP) is 9.17. The van der Waals surface area contributed by atoms with Gasteiger partial charge in [0.05, 0.1) is 17.2 Å². The molecule has 0 saturated carbocycles. The second kappa shape index (κ2) is 17.2. The van der Waals surface area contributed by atoms with Gasteiger partial charge in [0.1, 0.15) is 0 Å². The Morgan fingerprint density at radius 2 is 1.64 bits per heavy atom. The number of hydrogen-bond acceptors (Lipinski definition) is 4. The van der Waals surface area contributed by atoms with Crippen molar-refractivity contribution in [2.75, 3.05) is 6.61 Å². The van der Waals surface area contributed by atoms with Crippen LogP contribution in [0.25, 0.3) is 5.57 Å². The second-order valence-corrected chi connectivity index (χ2v) is 11.0. The van der Waals surface area contributed by atoms with Gasteiger partial charge in [-0.1, -0.05) is 70.7 Å². The molecule has 0 spiro atoms. The van der Waals surface area contributed by atoms with Crippen molar-refractivity contribution in [1.29, 1.82) is 5.26 Å². The van der Waals surface area contributed by atoms with Crippen molar-refractivity contribution in [2.45, 2.75) is 67.5 Å². The molecule has 0 radical (unpaired) electrons. The summed E-state index contributed by atoms with van der Waals surface area (Å²) < 4.78 is 39.0. The van der Waals surface area contributed by atoms with Crippen LogP contribution < -0.4 is 0 Å². The number of aliphatic hydroxyl groups is 1. The molecule has 226 valence electrons. The summed E-state index contributed by atoms with van der Waals surface area (Å²) in [4.78, 5) is 12.3. The van der Waals surface area contributed by atoms with Crippen LogP contribution in [0, 0.1) is 30.1 Å². The van der Waals surface area contributed by atoms with Gasteiger partial charge in [0, 0.05) is 30.3 Å². The van der Waals surface area contributed by atoms with E-state index in [1.807, 2.05) is 44.2 Å². The molecule has 42 heavy (non-hydrogen) atoms. The smallest absolute Gasteiger partial charge is 0.396 e. The number of ketones is 1. The number of alkyl halides is 3. The van der Waals surface area contributed by atoms with E-state index in [4.69, 9.17) is 10.4 Å². The number of aryl methyl sites for hydroxylation is 1. The van der Waals surface area contributed by atoms with Gasteiger partial charge in [0.15, 0.2) is 5.78 Å². The average molecular weight is 581 g/mol. The molecular weight excluding hydrogens is 537 g/mol. The Morgan fingerprint density at radius 3 is 2.14 bits per heavy atom. The summed E-state index contributed by atoms with van der Waals surface area (Å²) in [7, 11) is 0. The fourth-order valence-corrected chi connectivity index (χ4v) is 3.81. The number of rotatable bonds is 7. The molecule has 0 bridgehead atoms. The maximum atomic E-state index is 13.0. The van der Waals surface area contributed by atoms with Crippen molar-refractivity contribution in [3.05, 3.63) is 113 Å². The van der Waals surface area contributed by atoms with E-state index < -0.39 is 11.7 Å². The van der Waals surface area contributed by atoms with Crippen molar-refractivity contribution in [3.63, 3.8) is 0 Å². The number of nitrogens with zero attached hydrogens (tertiary/aromatic N) is 2. The van der Waals surface area contributed by atoms with Crippen LogP contribution in [0.4, 0.5) is 13.2 Å². The van der Waals surface area contributed by atoms with E-state index in [0.717, 1.165) is 41.5 Å². The number of halogens is 3. The first-order valence-electron chi connectivity index (χ1n) is 13.9. The van der Waals surface area contributed by atoms with Gasteiger partial charge in [0.2, 0.25) is 0 Å². The lowest BCUT2D eigenvalue weighted by molar-refractivity contribution is -0.0908. The van der Waals surface area contributed by atoms with Crippen LogP contribution in [-0.2, 0) is 6.42 Å². The lowest BCUT2D eigenvalue weighted by Gasteiger charge is -2.26. The van der Waals surface area contributed by atoms with Gasteiger partial charge >= 0.3 is 6.18 Å². The van der Waals surface area contributed by atoms with E-state index in [1.165, 1.54) is 23.5 Å². The number of Topliss-reactive ketones (excluding diaryl/α,β-unsaturated/α-hetero) is 1. The summed E-state index contributed by atoms with van der Waals surface area (Å²) in [5.74, 6) is 1.23. The topological polar surface area (TPSA) is 64.3 Å². The van der Waals surface area contributed by atoms with E-state index in [2.05, 4.69) is 34.3 Å². The van der Waals surface area contributed by atoms with Gasteiger partial charge < -0.3 is 10.0 Å². The first-order valence-corrected chi connectivity index (χ1v) is 13.9. The maximum absolute atomic E-state index is 13.0. The number of nitriles is 1. The summed E-state index contributed by atoms with van der Waals surface area (Å²) >= 11 is 0.